The van der Waals surface area contributed by atoms with Gasteiger partial charge in [-0.1, -0.05) is 30.3 Å². The Morgan fingerprint density at radius 3 is 2.63 bits per heavy atom. The number of hydrogen-bond donors (Lipinski definition) is 1. The summed E-state index contributed by atoms with van der Waals surface area (Å²) < 4.78 is 12.9. The van der Waals surface area contributed by atoms with Crippen LogP contribution < -0.4 is 10.2 Å². The molecule has 0 aliphatic carbocycles. The molecular weight excluding hydrogens is 343 g/mol. The highest BCUT2D eigenvalue weighted by molar-refractivity contribution is 5.92. The monoisotopic (exact) mass is 362 g/mol. The Kier molecular flexibility index (Phi) is 4.78. The molecule has 1 aliphatic heterocycles. The summed E-state index contributed by atoms with van der Waals surface area (Å²) in [6.07, 6.45) is 2.11. The van der Waals surface area contributed by atoms with Gasteiger partial charge in [0.15, 0.2) is 11.5 Å². The lowest BCUT2D eigenvalue weighted by atomic mass is 10.0. The Balaban J connectivity index is 1.44. The van der Waals surface area contributed by atoms with E-state index >= 15 is 0 Å². The topological polar surface area (TPSA) is 58.1 Å². The second kappa shape index (κ2) is 7.53. The second-order valence-electron chi connectivity index (χ2n) is 6.47. The molecule has 0 atom stereocenters. The van der Waals surface area contributed by atoms with Gasteiger partial charge in [-0.05, 0) is 54.3 Å². The van der Waals surface area contributed by atoms with Crippen molar-refractivity contribution in [1.82, 2.24) is 15.5 Å². The van der Waals surface area contributed by atoms with Crippen molar-refractivity contribution in [2.75, 3.05) is 11.4 Å². The zero-order valence-corrected chi connectivity index (χ0v) is 14.7. The third kappa shape index (κ3) is 3.79. The molecular formula is C21H19FN4O. The van der Waals surface area contributed by atoms with E-state index in [0.717, 1.165) is 36.5 Å². The maximum atomic E-state index is 12.9. The average Bonchev–Trinajstić information content (AvgIpc) is 2.73. The van der Waals surface area contributed by atoms with Crippen molar-refractivity contribution in [3.8, 4) is 0 Å². The predicted octanol–water partition coefficient (Wildman–Crippen LogP) is 3.63. The number of fused-ring (bicyclic) bond motifs is 1. The second-order valence-corrected chi connectivity index (χ2v) is 6.47. The third-order valence-electron chi connectivity index (χ3n) is 4.64. The first-order valence-corrected chi connectivity index (χ1v) is 8.92. The molecule has 0 bridgehead atoms. The summed E-state index contributed by atoms with van der Waals surface area (Å²) in [5.74, 6) is 0.125. The molecule has 0 unspecified atom stereocenters. The first-order chi connectivity index (χ1) is 13.2. The van der Waals surface area contributed by atoms with Crippen LogP contribution in [0, 0.1) is 5.82 Å². The lowest BCUT2D eigenvalue weighted by molar-refractivity contribution is 0.0945. The van der Waals surface area contributed by atoms with Crippen molar-refractivity contribution in [3.05, 3.63) is 83.3 Å². The molecule has 0 spiro atoms. The number of carbonyl (C=O) groups is 1. The molecule has 1 aliphatic rings. The molecule has 5 nitrogen and oxygen atoms in total. The van der Waals surface area contributed by atoms with Gasteiger partial charge < -0.3 is 10.2 Å². The number of amides is 1. The number of nitrogens with zero attached hydrogens (tertiary/aromatic N) is 3. The van der Waals surface area contributed by atoms with E-state index in [-0.39, 0.29) is 17.4 Å². The van der Waals surface area contributed by atoms with Crippen molar-refractivity contribution in [1.29, 1.82) is 0 Å². The summed E-state index contributed by atoms with van der Waals surface area (Å²) in [4.78, 5) is 14.4. The first kappa shape index (κ1) is 17.1. The largest absolute Gasteiger partial charge is 0.347 e. The number of rotatable bonds is 4. The van der Waals surface area contributed by atoms with Crippen LogP contribution in [0.3, 0.4) is 0 Å². The standard InChI is InChI=1S/C21H19FN4O/c22-17-9-7-15(8-10-17)14-23-21(27)18-11-12-20(25-24-18)26-13-3-5-16-4-1-2-6-19(16)26/h1-2,4,6-12H,3,5,13-14H2,(H,23,27). The molecule has 2 aromatic carbocycles. The van der Waals surface area contributed by atoms with Gasteiger partial charge in [0.25, 0.3) is 5.91 Å². The highest BCUT2D eigenvalue weighted by Crippen LogP contribution is 2.31. The molecule has 1 aromatic heterocycles. The summed E-state index contributed by atoms with van der Waals surface area (Å²) in [6.45, 7) is 1.18. The molecule has 0 radical (unpaired) electrons. The number of anilines is 2. The molecule has 27 heavy (non-hydrogen) atoms. The Hall–Kier alpha value is -3.28. The van der Waals surface area contributed by atoms with Crippen LogP contribution in [0.2, 0.25) is 0 Å². The minimum atomic E-state index is -0.308. The first-order valence-electron chi connectivity index (χ1n) is 8.92. The summed E-state index contributed by atoms with van der Waals surface area (Å²) in [5, 5.41) is 11.1. The lowest BCUT2D eigenvalue weighted by Gasteiger charge is -2.29. The van der Waals surface area contributed by atoms with E-state index in [1.807, 2.05) is 18.2 Å². The fourth-order valence-corrected chi connectivity index (χ4v) is 3.24. The van der Waals surface area contributed by atoms with Gasteiger partial charge in [0.1, 0.15) is 5.82 Å². The molecule has 0 saturated carbocycles. The summed E-state index contributed by atoms with van der Waals surface area (Å²) in [5.41, 5.74) is 3.52. The quantitative estimate of drug-likeness (QED) is 0.770. The number of nitrogens with one attached hydrogen (secondary N) is 1. The molecule has 2 heterocycles. The average molecular weight is 362 g/mol. The van der Waals surface area contributed by atoms with Crippen molar-refractivity contribution in [2.45, 2.75) is 19.4 Å². The van der Waals surface area contributed by atoms with E-state index in [1.165, 1.54) is 17.7 Å². The van der Waals surface area contributed by atoms with Gasteiger partial charge >= 0.3 is 0 Å². The van der Waals surface area contributed by atoms with Gasteiger partial charge in [-0.25, -0.2) is 4.39 Å². The van der Waals surface area contributed by atoms with Crippen molar-refractivity contribution < 1.29 is 9.18 Å². The minimum Gasteiger partial charge on any atom is -0.347 e. The van der Waals surface area contributed by atoms with E-state index in [4.69, 9.17) is 0 Å². The fraction of sp³-hybridized carbons (Fsp3) is 0.190. The smallest absolute Gasteiger partial charge is 0.272 e. The van der Waals surface area contributed by atoms with Crippen LogP contribution in [-0.4, -0.2) is 22.6 Å². The van der Waals surface area contributed by atoms with Crippen LogP contribution in [0.5, 0.6) is 0 Å². The van der Waals surface area contributed by atoms with E-state index in [0.29, 0.717) is 6.54 Å². The molecule has 136 valence electrons. The van der Waals surface area contributed by atoms with Crippen molar-refractivity contribution in [3.63, 3.8) is 0 Å². The molecule has 3 aromatic rings. The Bertz CT molecular complexity index is 941. The summed E-state index contributed by atoms with van der Waals surface area (Å²) in [6, 6.07) is 17.8. The van der Waals surface area contributed by atoms with Gasteiger partial charge in [0, 0.05) is 18.8 Å². The molecule has 1 amide bonds. The highest BCUT2D eigenvalue weighted by atomic mass is 19.1. The predicted molar refractivity (Wildman–Crippen MR) is 101 cm³/mol. The van der Waals surface area contributed by atoms with Crippen LogP contribution in [0.15, 0.2) is 60.7 Å². The number of hydrogen-bond acceptors (Lipinski definition) is 4. The highest BCUT2D eigenvalue weighted by Gasteiger charge is 2.19. The van der Waals surface area contributed by atoms with Gasteiger partial charge in [0.2, 0.25) is 0 Å². The molecule has 6 heteroatoms. The van der Waals surface area contributed by atoms with Crippen molar-refractivity contribution >= 4 is 17.4 Å². The number of carbonyl (C=O) groups excluding carboxylic acids is 1. The number of benzene rings is 2. The van der Waals surface area contributed by atoms with Crippen LogP contribution in [0.4, 0.5) is 15.9 Å². The maximum Gasteiger partial charge on any atom is 0.272 e. The Morgan fingerprint density at radius 1 is 1.04 bits per heavy atom. The number of aryl methyl sites for hydroxylation is 1. The van der Waals surface area contributed by atoms with E-state index in [1.54, 1.807) is 18.2 Å². The molecule has 1 N–H and O–H groups in total. The maximum absolute atomic E-state index is 12.9. The van der Waals surface area contributed by atoms with E-state index in [9.17, 15) is 9.18 Å². The van der Waals surface area contributed by atoms with Gasteiger partial charge in [0.05, 0.1) is 0 Å². The van der Waals surface area contributed by atoms with Gasteiger partial charge in [-0.2, -0.15) is 0 Å². The molecule has 0 saturated heterocycles. The van der Waals surface area contributed by atoms with Crippen LogP contribution in [0.1, 0.15) is 28.0 Å². The zero-order chi connectivity index (χ0) is 18.6. The van der Waals surface area contributed by atoms with Crippen molar-refractivity contribution in [2.24, 2.45) is 0 Å². The van der Waals surface area contributed by atoms with Crippen LogP contribution in [0.25, 0.3) is 0 Å². The van der Waals surface area contributed by atoms with Crippen LogP contribution >= 0.6 is 0 Å². The molecule has 4 rings (SSSR count). The molecule has 0 fully saturated rings. The third-order valence-corrected chi connectivity index (χ3v) is 4.64. The van der Waals surface area contributed by atoms with E-state index < -0.39 is 0 Å². The van der Waals surface area contributed by atoms with E-state index in [2.05, 4.69) is 32.5 Å². The summed E-state index contributed by atoms with van der Waals surface area (Å²) in [7, 11) is 0. The normalized spacial score (nSPS) is 13.1. The van der Waals surface area contributed by atoms with Gasteiger partial charge in [-0.15, -0.1) is 10.2 Å². The minimum absolute atomic E-state index is 0.256. The van der Waals surface area contributed by atoms with Gasteiger partial charge in [-0.3, -0.25) is 4.79 Å². The van der Waals surface area contributed by atoms with Crippen LogP contribution in [-0.2, 0) is 13.0 Å². The Labute approximate surface area is 156 Å². The summed E-state index contributed by atoms with van der Waals surface area (Å²) >= 11 is 0. The lowest BCUT2D eigenvalue weighted by Crippen LogP contribution is -2.27. The zero-order valence-electron chi connectivity index (χ0n) is 14.7. The number of aromatic nitrogens is 2. The number of para-hydroxylation sites is 1. The SMILES string of the molecule is O=C(NCc1ccc(F)cc1)c1ccc(N2CCCc3ccccc32)nn1. The fourth-order valence-electron chi connectivity index (χ4n) is 3.24. The Morgan fingerprint density at radius 2 is 1.85 bits per heavy atom. The number of halogens is 1.